The molecular formula is C22H22N2O4S. The second-order valence-corrected chi connectivity index (χ2v) is 8.82. The summed E-state index contributed by atoms with van der Waals surface area (Å²) in [6.07, 6.45) is 2.81. The number of aromatic nitrogens is 1. The van der Waals surface area contributed by atoms with Gasteiger partial charge in [0.15, 0.2) is 0 Å². The molecule has 0 unspecified atom stereocenters. The first-order valence-corrected chi connectivity index (χ1v) is 10.9. The minimum Gasteiger partial charge on any atom is -0.481 e. The van der Waals surface area contributed by atoms with Gasteiger partial charge in [0.25, 0.3) is 0 Å². The van der Waals surface area contributed by atoms with Gasteiger partial charge >= 0.3 is 5.97 Å². The highest BCUT2D eigenvalue weighted by Crippen LogP contribution is 2.19. The average Bonchev–Trinajstić information content (AvgIpc) is 2.68. The van der Waals surface area contributed by atoms with Crippen LogP contribution < -0.4 is 0 Å². The Labute approximate surface area is 170 Å². The lowest BCUT2D eigenvalue weighted by atomic mass is 10.1. The van der Waals surface area contributed by atoms with E-state index in [1.54, 1.807) is 30.5 Å². The van der Waals surface area contributed by atoms with E-state index < -0.39 is 16.0 Å². The molecule has 0 aliphatic heterocycles. The van der Waals surface area contributed by atoms with Gasteiger partial charge in [-0.3, -0.25) is 9.78 Å². The molecule has 0 fully saturated rings. The number of hydrogen-bond donors (Lipinski definition) is 1. The van der Waals surface area contributed by atoms with Crippen LogP contribution >= 0.6 is 0 Å². The third kappa shape index (κ3) is 5.97. The first-order chi connectivity index (χ1) is 13.8. The van der Waals surface area contributed by atoms with E-state index in [9.17, 15) is 13.2 Å². The lowest BCUT2D eigenvalue weighted by molar-refractivity contribution is -0.136. The first kappa shape index (κ1) is 20.7. The summed E-state index contributed by atoms with van der Waals surface area (Å²) in [4.78, 5) is 15.2. The molecular weight excluding hydrogens is 388 g/mol. The van der Waals surface area contributed by atoms with Crippen LogP contribution in [0, 0.1) is 0 Å². The SMILES string of the molecule is CS(=O)(=O)N(Cc1ccc(-c2ccccn2)cc1)Cc1cccc(CC(=O)O)c1. The van der Waals surface area contributed by atoms with E-state index in [1.807, 2.05) is 42.5 Å². The predicted molar refractivity (Wildman–Crippen MR) is 112 cm³/mol. The molecule has 0 bridgehead atoms. The van der Waals surface area contributed by atoms with Crippen molar-refractivity contribution in [3.63, 3.8) is 0 Å². The molecule has 0 amide bonds. The summed E-state index contributed by atoms with van der Waals surface area (Å²) < 4.78 is 26.0. The molecule has 3 aromatic rings. The second kappa shape index (κ2) is 8.98. The molecule has 0 saturated carbocycles. The molecule has 1 N–H and O–H groups in total. The fourth-order valence-corrected chi connectivity index (χ4v) is 3.79. The summed E-state index contributed by atoms with van der Waals surface area (Å²) >= 11 is 0. The van der Waals surface area contributed by atoms with Gasteiger partial charge in [-0.25, -0.2) is 8.42 Å². The molecule has 0 aliphatic carbocycles. The van der Waals surface area contributed by atoms with Crippen molar-refractivity contribution in [3.05, 3.63) is 89.6 Å². The number of carbonyl (C=O) groups is 1. The van der Waals surface area contributed by atoms with Gasteiger partial charge in [0.1, 0.15) is 0 Å². The number of rotatable bonds is 8. The lowest BCUT2D eigenvalue weighted by Gasteiger charge is -2.20. The van der Waals surface area contributed by atoms with Gasteiger partial charge in [-0.2, -0.15) is 4.31 Å². The number of benzene rings is 2. The predicted octanol–water partition coefficient (Wildman–Crippen LogP) is 3.34. The van der Waals surface area contributed by atoms with E-state index in [4.69, 9.17) is 5.11 Å². The van der Waals surface area contributed by atoms with Gasteiger partial charge < -0.3 is 5.11 Å². The molecule has 2 aromatic carbocycles. The Morgan fingerprint density at radius 3 is 2.24 bits per heavy atom. The van der Waals surface area contributed by atoms with Gasteiger partial charge in [0.2, 0.25) is 10.0 Å². The summed E-state index contributed by atoms with van der Waals surface area (Å²) in [6.45, 7) is 0.402. The monoisotopic (exact) mass is 410 g/mol. The van der Waals surface area contributed by atoms with Crippen LogP contribution in [0.1, 0.15) is 16.7 Å². The highest BCUT2D eigenvalue weighted by Gasteiger charge is 2.18. The zero-order valence-electron chi connectivity index (χ0n) is 16.0. The Balaban J connectivity index is 1.77. The Morgan fingerprint density at radius 2 is 1.62 bits per heavy atom. The van der Waals surface area contributed by atoms with Crippen molar-refractivity contribution in [2.24, 2.45) is 0 Å². The molecule has 0 spiro atoms. The van der Waals surface area contributed by atoms with Crippen LogP contribution in [0.4, 0.5) is 0 Å². The van der Waals surface area contributed by atoms with Crippen molar-refractivity contribution < 1.29 is 18.3 Å². The maximum atomic E-state index is 12.3. The van der Waals surface area contributed by atoms with Crippen LogP contribution in [0.15, 0.2) is 72.9 Å². The average molecular weight is 410 g/mol. The lowest BCUT2D eigenvalue weighted by Crippen LogP contribution is -2.29. The van der Waals surface area contributed by atoms with Crippen LogP contribution in [0.5, 0.6) is 0 Å². The van der Waals surface area contributed by atoms with Crippen molar-refractivity contribution in [2.45, 2.75) is 19.5 Å². The zero-order chi connectivity index (χ0) is 20.9. The zero-order valence-corrected chi connectivity index (χ0v) is 16.8. The van der Waals surface area contributed by atoms with Crippen LogP contribution in [0.2, 0.25) is 0 Å². The van der Waals surface area contributed by atoms with E-state index in [1.165, 1.54) is 10.6 Å². The maximum absolute atomic E-state index is 12.3. The molecule has 0 radical (unpaired) electrons. The fourth-order valence-electron chi connectivity index (χ4n) is 3.02. The standard InChI is InChI=1S/C22H22N2O4S/c1-29(27,28)24(16-19-6-4-5-18(13-19)14-22(25)26)15-17-8-10-20(11-9-17)21-7-2-3-12-23-21/h2-13H,14-16H2,1H3,(H,25,26). The van der Waals surface area contributed by atoms with Crippen LogP contribution in [-0.4, -0.2) is 35.0 Å². The summed E-state index contributed by atoms with van der Waals surface area (Å²) in [6, 6.07) is 20.3. The van der Waals surface area contributed by atoms with Crippen LogP contribution in [0.25, 0.3) is 11.3 Å². The largest absolute Gasteiger partial charge is 0.481 e. The number of nitrogens with zero attached hydrogens (tertiary/aromatic N) is 2. The molecule has 29 heavy (non-hydrogen) atoms. The Bertz CT molecular complexity index is 1080. The van der Waals surface area contributed by atoms with E-state index in [-0.39, 0.29) is 19.5 Å². The van der Waals surface area contributed by atoms with Gasteiger partial charge in [0, 0.05) is 24.8 Å². The molecule has 150 valence electrons. The molecule has 1 aromatic heterocycles. The molecule has 0 atom stereocenters. The van der Waals surface area contributed by atoms with Gasteiger partial charge in [-0.15, -0.1) is 0 Å². The van der Waals surface area contributed by atoms with Crippen molar-refractivity contribution in [1.29, 1.82) is 0 Å². The minimum absolute atomic E-state index is 0.0955. The number of hydrogen-bond acceptors (Lipinski definition) is 4. The minimum atomic E-state index is -3.45. The van der Waals surface area contributed by atoms with Crippen molar-refractivity contribution in [1.82, 2.24) is 9.29 Å². The highest BCUT2D eigenvalue weighted by atomic mass is 32.2. The smallest absolute Gasteiger partial charge is 0.307 e. The number of carboxylic acids is 1. The summed E-state index contributed by atoms with van der Waals surface area (Å²) in [7, 11) is -3.45. The van der Waals surface area contributed by atoms with E-state index in [2.05, 4.69) is 4.98 Å². The van der Waals surface area contributed by atoms with Crippen molar-refractivity contribution >= 4 is 16.0 Å². The topological polar surface area (TPSA) is 87.6 Å². The second-order valence-electron chi connectivity index (χ2n) is 6.83. The molecule has 6 nitrogen and oxygen atoms in total. The Kier molecular flexibility index (Phi) is 6.41. The molecule has 0 saturated heterocycles. The Morgan fingerprint density at radius 1 is 0.931 bits per heavy atom. The Hall–Kier alpha value is -3.03. The summed E-state index contributed by atoms with van der Waals surface area (Å²) in [5.41, 5.74) is 4.06. The third-order valence-corrected chi connectivity index (χ3v) is 5.64. The molecule has 1 heterocycles. The van der Waals surface area contributed by atoms with E-state index >= 15 is 0 Å². The van der Waals surface area contributed by atoms with Gasteiger partial charge in [-0.1, -0.05) is 54.6 Å². The van der Waals surface area contributed by atoms with E-state index in [0.717, 1.165) is 22.4 Å². The molecule has 0 aliphatic rings. The summed E-state index contributed by atoms with van der Waals surface area (Å²) in [5, 5.41) is 8.96. The summed E-state index contributed by atoms with van der Waals surface area (Å²) in [5.74, 6) is -0.921. The number of sulfonamides is 1. The maximum Gasteiger partial charge on any atom is 0.307 e. The normalized spacial score (nSPS) is 11.5. The van der Waals surface area contributed by atoms with Gasteiger partial charge in [-0.05, 0) is 28.8 Å². The first-order valence-electron chi connectivity index (χ1n) is 9.06. The van der Waals surface area contributed by atoms with Crippen LogP contribution in [-0.2, 0) is 34.3 Å². The van der Waals surface area contributed by atoms with Crippen LogP contribution in [0.3, 0.4) is 0 Å². The molecule has 3 rings (SSSR count). The molecule has 7 heteroatoms. The van der Waals surface area contributed by atoms with Crippen molar-refractivity contribution in [3.8, 4) is 11.3 Å². The van der Waals surface area contributed by atoms with E-state index in [0.29, 0.717) is 5.56 Å². The van der Waals surface area contributed by atoms with Gasteiger partial charge in [0.05, 0.1) is 18.4 Å². The van der Waals surface area contributed by atoms with Crippen molar-refractivity contribution in [2.75, 3.05) is 6.26 Å². The fraction of sp³-hybridized carbons (Fsp3) is 0.182. The third-order valence-electron chi connectivity index (χ3n) is 4.45. The number of pyridine rings is 1. The number of aliphatic carboxylic acids is 1. The number of carboxylic acid groups (broad SMARTS) is 1. The quantitative estimate of drug-likeness (QED) is 0.615. The highest BCUT2D eigenvalue weighted by molar-refractivity contribution is 7.88.